The second-order valence-electron chi connectivity index (χ2n) is 8.07. The SMILES string of the molecule is O=C(O)CC1(C(=O)O)NC(c2ccccn2)C2C(=O)N(C3CCCCC3)C(=O)C21. The van der Waals surface area contributed by atoms with E-state index in [1.165, 1.54) is 11.1 Å². The summed E-state index contributed by atoms with van der Waals surface area (Å²) >= 11 is 0. The Morgan fingerprint density at radius 3 is 2.45 bits per heavy atom. The Balaban J connectivity index is 1.80. The van der Waals surface area contributed by atoms with E-state index >= 15 is 0 Å². The van der Waals surface area contributed by atoms with Gasteiger partial charge in [0.15, 0.2) is 0 Å². The summed E-state index contributed by atoms with van der Waals surface area (Å²) in [6.07, 6.45) is 4.94. The van der Waals surface area contributed by atoms with Crippen LogP contribution >= 0.6 is 0 Å². The van der Waals surface area contributed by atoms with Gasteiger partial charge in [-0.2, -0.15) is 0 Å². The molecule has 0 spiro atoms. The molecule has 1 aliphatic carbocycles. The Morgan fingerprint density at radius 2 is 1.86 bits per heavy atom. The van der Waals surface area contributed by atoms with Crippen molar-refractivity contribution in [2.24, 2.45) is 11.8 Å². The number of nitrogens with zero attached hydrogens (tertiary/aromatic N) is 2. The third-order valence-corrected chi connectivity index (χ3v) is 6.45. The van der Waals surface area contributed by atoms with Gasteiger partial charge in [0.1, 0.15) is 5.54 Å². The lowest BCUT2D eigenvalue weighted by Gasteiger charge is -2.33. The highest BCUT2D eigenvalue weighted by Crippen LogP contribution is 2.50. The highest BCUT2D eigenvalue weighted by Gasteiger charge is 2.69. The molecular weight excluding hydrogens is 378 g/mol. The topological polar surface area (TPSA) is 137 Å². The molecular formula is C20H23N3O6. The molecule has 4 rings (SSSR count). The molecule has 3 fully saturated rings. The molecule has 4 atom stereocenters. The van der Waals surface area contributed by atoms with Crippen molar-refractivity contribution in [1.29, 1.82) is 0 Å². The molecule has 0 radical (unpaired) electrons. The van der Waals surface area contributed by atoms with Crippen molar-refractivity contribution >= 4 is 23.8 Å². The highest BCUT2D eigenvalue weighted by atomic mass is 16.4. The van der Waals surface area contributed by atoms with Crippen molar-refractivity contribution in [2.45, 2.75) is 56.1 Å². The van der Waals surface area contributed by atoms with Crippen LogP contribution in [0.2, 0.25) is 0 Å². The minimum Gasteiger partial charge on any atom is -0.481 e. The molecule has 1 aromatic rings. The summed E-state index contributed by atoms with van der Waals surface area (Å²) < 4.78 is 0. The van der Waals surface area contributed by atoms with E-state index in [9.17, 15) is 29.4 Å². The minimum atomic E-state index is -2.06. The van der Waals surface area contributed by atoms with E-state index in [0.717, 1.165) is 19.3 Å². The second kappa shape index (κ2) is 7.22. The molecule has 4 unspecified atom stereocenters. The van der Waals surface area contributed by atoms with Crippen molar-refractivity contribution in [3.63, 3.8) is 0 Å². The number of carboxylic acid groups (broad SMARTS) is 2. The first-order valence-electron chi connectivity index (χ1n) is 9.87. The number of likely N-dealkylation sites (tertiary alicyclic amines) is 1. The van der Waals surface area contributed by atoms with Gasteiger partial charge in [-0.15, -0.1) is 0 Å². The van der Waals surface area contributed by atoms with Gasteiger partial charge in [0.2, 0.25) is 11.8 Å². The van der Waals surface area contributed by atoms with Gasteiger partial charge >= 0.3 is 11.9 Å². The maximum Gasteiger partial charge on any atom is 0.325 e. The number of hydrogen-bond donors (Lipinski definition) is 3. The summed E-state index contributed by atoms with van der Waals surface area (Å²) in [7, 11) is 0. The van der Waals surface area contributed by atoms with Crippen LogP contribution in [-0.2, 0) is 19.2 Å². The first-order chi connectivity index (χ1) is 13.9. The second-order valence-corrected chi connectivity index (χ2v) is 8.07. The number of hydrogen-bond acceptors (Lipinski definition) is 6. The third kappa shape index (κ3) is 3.00. The van der Waals surface area contributed by atoms with Crippen LogP contribution in [-0.4, -0.2) is 55.4 Å². The number of imide groups is 1. The van der Waals surface area contributed by atoms with Crippen molar-refractivity contribution in [1.82, 2.24) is 15.2 Å². The molecule has 0 aromatic carbocycles. The third-order valence-electron chi connectivity index (χ3n) is 6.45. The van der Waals surface area contributed by atoms with E-state index in [2.05, 4.69) is 10.3 Å². The average Bonchev–Trinajstić information content (AvgIpc) is 3.17. The summed E-state index contributed by atoms with van der Waals surface area (Å²) in [6, 6.07) is 3.94. The fourth-order valence-electron chi connectivity index (χ4n) is 5.21. The van der Waals surface area contributed by atoms with Crippen molar-refractivity contribution < 1.29 is 29.4 Å². The first-order valence-corrected chi connectivity index (χ1v) is 9.87. The van der Waals surface area contributed by atoms with Crippen LogP contribution in [0.5, 0.6) is 0 Å². The summed E-state index contributed by atoms with van der Waals surface area (Å²) in [5, 5.41) is 22.2. The van der Waals surface area contributed by atoms with Gasteiger partial charge in [-0.25, -0.2) is 0 Å². The van der Waals surface area contributed by atoms with Crippen LogP contribution in [0.15, 0.2) is 24.4 Å². The molecule has 2 amide bonds. The van der Waals surface area contributed by atoms with Crippen molar-refractivity contribution in [2.75, 3.05) is 0 Å². The van der Waals surface area contributed by atoms with E-state index in [1.54, 1.807) is 18.2 Å². The molecule has 2 saturated heterocycles. The molecule has 0 bridgehead atoms. The molecule has 3 N–H and O–H groups in total. The lowest BCUT2D eigenvalue weighted by Crippen LogP contribution is -2.57. The Hall–Kier alpha value is -2.81. The van der Waals surface area contributed by atoms with Gasteiger partial charge in [0.05, 0.1) is 30.0 Å². The molecule has 9 nitrogen and oxygen atoms in total. The number of nitrogens with one attached hydrogen (secondary N) is 1. The van der Waals surface area contributed by atoms with Gasteiger partial charge in [-0.1, -0.05) is 25.3 Å². The van der Waals surface area contributed by atoms with Crippen LogP contribution in [0.4, 0.5) is 0 Å². The zero-order valence-electron chi connectivity index (χ0n) is 15.8. The quantitative estimate of drug-likeness (QED) is 0.621. The Bertz CT molecular complexity index is 853. The maximum absolute atomic E-state index is 13.4. The van der Waals surface area contributed by atoms with Crippen molar-refractivity contribution in [3.05, 3.63) is 30.1 Å². The highest BCUT2D eigenvalue weighted by molar-refractivity contribution is 6.10. The molecule has 2 aliphatic heterocycles. The summed E-state index contributed by atoms with van der Waals surface area (Å²) in [5.41, 5.74) is -1.64. The van der Waals surface area contributed by atoms with Crippen molar-refractivity contribution in [3.8, 4) is 0 Å². The molecule has 1 aromatic heterocycles. The number of aromatic nitrogens is 1. The maximum atomic E-state index is 13.4. The minimum absolute atomic E-state index is 0.255. The summed E-state index contributed by atoms with van der Waals surface area (Å²) in [6.45, 7) is 0. The predicted molar refractivity (Wildman–Crippen MR) is 98.4 cm³/mol. The fourth-order valence-corrected chi connectivity index (χ4v) is 5.21. The van der Waals surface area contributed by atoms with E-state index in [0.29, 0.717) is 18.5 Å². The molecule has 29 heavy (non-hydrogen) atoms. The van der Waals surface area contributed by atoms with E-state index < -0.39 is 53.6 Å². The lowest BCUT2D eigenvalue weighted by atomic mass is 9.78. The normalized spacial score (nSPS) is 32.4. The number of fused-ring (bicyclic) bond motifs is 1. The fraction of sp³-hybridized carbons (Fsp3) is 0.550. The molecule has 3 aliphatic rings. The zero-order valence-corrected chi connectivity index (χ0v) is 15.8. The van der Waals surface area contributed by atoms with E-state index in [4.69, 9.17) is 0 Å². The standard InChI is InChI=1S/C20H23N3O6/c24-13(25)10-20(19(28)29)15-14(16(22-20)12-8-4-5-9-21-12)17(26)23(18(15)27)11-6-2-1-3-7-11/h4-5,8-9,11,14-16,22H,1-3,6-7,10H2,(H,24,25)(H,28,29). The lowest BCUT2D eigenvalue weighted by molar-refractivity contribution is -0.156. The molecule has 154 valence electrons. The van der Waals surface area contributed by atoms with Gasteiger partial charge < -0.3 is 10.2 Å². The van der Waals surface area contributed by atoms with Gasteiger partial charge in [-0.05, 0) is 25.0 Å². The van der Waals surface area contributed by atoms with Crippen LogP contribution in [0, 0.1) is 11.8 Å². The molecule has 1 saturated carbocycles. The molecule has 3 heterocycles. The number of aliphatic carboxylic acids is 2. The smallest absolute Gasteiger partial charge is 0.325 e. The zero-order chi connectivity index (χ0) is 20.8. The van der Waals surface area contributed by atoms with Crippen LogP contribution < -0.4 is 5.32 Å². The number of amides is 2. The largest absolute Gasteiger partial charge is 0.481 e. The van der Waals surface area contributed by atoms with Gasteiger partial charge in [-0.3, -0.25) is 34.4 Å². The summed E-state index contributed by atoms with van der Waals surface area (Å²) in [4.78, 5) is 56.0. The number of rotatable bonds is 5. The van der Waals surface area contributed by atoms with Crippen LogP contribution in [0.25, 0.3) is 0 Å². The van der Waals surface area contributed by atoms with Gasteiger partial charge in [0, 0.05) is 12.2 Å². The number of pyridine rings is 1. The summed E-state index contributed by atoms with van der Waals surface area (Å²) in [5.74, 6) is -6.07. The van der Waals surface area contributed by atoms with E-state index in [-0.39, 0.29) is 6.04 Å². The Kier molecular flexibility index (Phi) is 4.85. The monoisotopic (exact) mass is 401 g/mol. The number of carbonyl (C=O) groups is 4. The number of carbonyl (C=O) groups excluding carboxylic acids is 2. The number of carboxylic acids is 2. The Labute approximate surface area is 167 Å². The van der Waals surface area contributed by atoms with E-state index in [1.807, 2.05) is 0 Å². The van der Waals surface area contributed by atoms with Gasteiger partial charge in [0.25, 0.3) is 0 Å². The Morgan fingerprint density at radius 1 is 1.14 bits per heavy atom. The predicted octanol–water partition coefficient (Wildman–Crippen LogP) is 0.958. The van der Waals surface area contributed by atoms with Crippen LogP contribution in [0.1, 0.15) is 50.3 Å². The van der Waals surface area contributed by atoms with Crippen LogP contribution in [0.3, 0.4) is 0 Å². The average molecular weight is 401 g/mol. The first kappa shape index (κ1) is 19.5. The molecule has 9 heteroatoms.